The molecule has 0 aliphatic rings. The van der Waals surface area contributed by atoms with E-state index in [1.807, 2.05) is 20.8 Å². The van der Waals surface area contributed by atoms with Crippen molar-refractivity contribution in [3.63, 3.8) is 0 Å². The molecule has 132 valence electrons. The second-order valence-electron chi connectivity index (χ2n) is 6.84. The van der Waals surface area contributed by atoms with E-state index in [1.54, 1.807) is 6.08 Å². The fourth-order valence-electron chi connectivity index (χ4n) is 2.52. The van der Waals surface area contributed by atoms with E-state index in [4.69, 9.17) is 11.2 Å². The van der Waals surface area contributed by atoms with Crippen LogP contribution in [0.25, 0.3) is 0 Å². The van der Waals surface area contributed by atoms with Crippen molar-refractivity contribution in [1.29, 1.82) is 0 Å². The molecule has 0 radical (unpaired) electrons. The molecule has 1 aromatic carbocycles. The first-order valence-electron chi connectivity index (χ1n) is 7.78. The minimum Gasteiger partial charge on any atom is -0.442 e. The molecule has 1 atom stereocenters. The maximum atomic E-state index is 12.5. The van der Waals surface area contributed by atoms with Crippen molar-refractivity contribution in [3.05, 3.63) is 64.8 Å². The summed E-state index contributed by atoms with van der Waals surface area (Å²) in [6, 6.07) is 5.20. The van der Waals surface area contributed by atoms with Crippen LogP contribution in [0.15, 0.2) is 49.1 Å². The Morgan fingerprint density at radius 3 is 2.36 bits per heavy atom. The maximum Gasteiger partial charge on any atom is 0.339 e. The van der Waals surface area contributed by atoms with Crippen LogP contribution in [0.4, 0.5) is 5.69 Å². The number of hydrogen-bond donors (Lipinski definition) is 0. The van der Waals surface area contributed by atoms with Crippen LogP contribution >= 0.6 is 0 Å². The Labute approximate surface area is 148 Å². The van der Waals surface area contributed by atoms with Gasteiger partial charge in [-0.2, -0.15) is 0 Å². The second kappa shape index (κ2) is 7.80. The fraction of sp³-hybridized carbons (Fsp3) is 0.350. The molecule has 1 aromatic rings. The Balaban J connectivity index is 3.13. The van der Waals surface area contributed by atoms with Crippen LogP contribution in [0.3, 0.4) is 0 Å². The molecule has 5 nitrogen and oxygen atoms in total. The summed E-state index contributed by atoms with van der Waals surface area (Å²) in [6.07, 6.45) is 8.18. The van der Waals surface area contributed by atoms with Crippen molar-refractivity contribution in [1.82, 2.24) is 0 Å². The van der Waals surface area contributed by atoms with Crippen LogP contribution in [-0.4, -0.2) is 16.5 Å². The molecule has 0 N–H and O–H groups in total. The molecule has 0 heterocycles. The van der Waals surface area contributed by atoms with Gasteiger partial charge in [-0.3, -0.25) is 10.1 Å². The summed E-state index contributed by atoms with van der Waals surface area (Å²) in [5.41, 5.74) is -0.632. The average molecular weight is 341 g/mol. The van der Waals surface area contributed by atoms with Gasteiger partial charge >= 0.3 is 5.97 Å². The lowest BCUT2D eigenvalue weighted by Crippen LogP contribution is -2.38. The molecule has 0 spiro atoms. The number of hydrogen-bond acceptors (Lipinski definition) is 4. The van der Waals surface area contributed by atoms with Crippen LogP contribution in [0.1, 0.15) is 44.0 Å². The summed E-state index contributed by atoms with van der Waals surface area (Å²) in [6.45, 7) is 13.4. The zero-order valence-corrected chi connectivity index (χ0v) is 14.9. The van der Waals surface area contributed by atoms with E-state index in [2.05, 4.69) is 19.1 Å². The Kier molecular flexibility index (Phi) is 6.30. The van der Waals surface area contributed by atoms with Gasteiger partial charge in [-0.15, -0.1) is 13.0 Å². The molecule has 5 heteroatoms. The molecule has 0 aliphatic heterocycles. The lowest BCUT2D eigenvalue weighted by atomic mass is 9.78. The zero-order valence-electron chi connectivity index (χ0n) is 14.9. The summed E-state index contributed by atoms with van der Waals surface area (Å²) >= 11 is 0. The lowest BCUT2D eigenvalue weighted by Gasteiger charge is -2.35. The molecule has 1 unspecified atom stereocenters. The number of rotatable bonds is 8. The van der Waals surface area contributed by atoms with Crippen molar-refractivity contribution < 1.29 is 14.5 Å². The standard InChI is InChI=1S/C20H23NO4/c1-7-19(5,6)14-20(8-2,13-15(3)4)25-18(22)16-9-11-17(12-10-16)21(23)24/h2,7,9-12H,1,3,13-14H2,4-6H3. The number of allylic oxidation sites excluding steroid dienone is 1. The Bertz CT molecular complexity index is 725. The van der Waals surface area contributed by atoms with Crippen LogP contribution in [-0.2, 0) is 4.74 Å². The second-order valence-corrected chi connectivity index (χ2v) is 6.84. The first kappa shape index (κ1) is 20.2. The van der Waals surface area contributed by atoms with Crippen LogP contribution < -0.4 is 0 Å². The highest BCUT2D eigenvalue weighted by atomic mass is 16.6. The van der Waals surface area contributed by atoms with Gasteiger partial charge in [0, 0.05) is 25.0 Å². The highest BCUT2D eigenvalue weighted by molar-refractivity contribution is 5.90. The SMILES string of the molecule is C#CC(CC(=C)C)(CC(C)(C)C=C)OC(=O)c1ccc([N+](=O)[O-])cc1. The minimum atomic E-state index is -1.16. The van der Waals surface area contributed by atoms with Crippen molar-refractivity contribution in [3.8, 4) is 12.3 Å². The molecule has 0 bridgehead atoms. The molecular formula is C20H23NO4. The predicted octanol–water partition coefficient (Wildman–Crippen LogP) is 4.69. The number of nitro benzene ring substituents is 1. The number of terminal acetylenes is 1. The summed E-state index contributed by atoms with van der Waals surface area (Å²) in [4.78, 5) is 22.7. The van der Waals surface area contributed by atoms with Gasteiger partial charge in [0.15, 0.2) is 5.60 Å². The fourth-order valence-corrected chi connectivity index (χ4v) is 2.52. The minimum absolute atomic E-state index is 0.102. The van der Waals surface area contributed by atoms with Crippen LogP contribution in [0.5, 0.6) is 0 Å². The Morgan fingerprint density at radius 2 is 1.96 bits per heavy atom. The van der Waals surface area contributed by atoms with Crippen LogP contribution in [0, 0.1) is 27.9 Å². The smallest absolute Gasteiger partial charge is 0.339 e. The van der Waals surface area contributed by atoms with Gasteiger partial charge in [-0.25, -0.2) is 4.79 Å². The van der Waals surface area contributed by atoms with Gasteiger partial charge in [-0.1, -0.05) is 38.0 Å². The van der Waals surface area contributed by atoms with E-state index in [9.17, 15) is 14.9 Å². The lowest BCUT2D eigenvalue weighted by molar-refractivity contribution is -0.384. The Hall–Kier alpha value is -2.87. The average Bonchev–Trinajstić information content (AvgIpc) is 2.53. The van der Waals surface area contributed by atoms with E-state index < -0.39 is 16.5 Å². The molecule has 0 saturated heterocycles. The molecule has 0 aliphatic carbocycles. The molecule has 0 fully saturated rings. The number of benzene rings is 1. The number of non-ortho nitro benzene ring substituents is 1. The van der Waals surface area contributed by atoms with Gasteiger partial charge in [0.1, 0.15) is 0 Å². The van der Waals surface area contributed by atoms with Crippen molar-refractivity contribution >= 4 is 11.7 Å². The molecule has 0 amide bonds. The maximum absolute atomic E-state index is 12.5. The summed E-state index contributed by atoms with van der Waals surface area (Å²) in [7, 11) is 0. The molecule has 25 heavy (non-hydrogen) atoms. The molecule has 0 aromatic heterocycles. The van der Waals surface area contributed by atoms with Gasteiger partial charge in [-0.05, 0) is 24.5 Å². The third kappa shape index (κ3) is 5.61. The Morgan fingerprint density at radius 1 is 1.40 bits per heavy atom. The van der Waals surface area contributed by atoms with E-state index in [0.29, 0.717) is 12.8 Å². The van der Waals surface area contributed by atoms with Gasteiger partial charge in [0.05, 0.1) is 10.5 Å². The largest absolute Gasteiger partial charge is 0.442 e. The molecule has 0 saturated carbocycles. The van der Waals surface area contributed by atoms with Gasteiger partial charge < -0.3 is 4.74 Å². The van der Waals surface area contributed by atoms with E-state index in [-0.39, 0.29) is 16.7 Å². The number of nitrogens with zero attached hydrogens (tertiary/aromatic N) is 1. The number of carbonyl (C=O) groups excluding carboxylic acids is 1. The molecule has 1 rings (SSSR count). The third-order valence-electron chi connectivity index (χ3n) is 3.75. The van der Waals surface area contributed by atoms with E-state index >= 15 is 0 Å². The number of ether oxygens (including phenoxy) is 1. The van der Waals surface area contributed by atoms with Crippen molar-refractivity contribution in [2.24, 2.45) is 5.41 Å². The highest BCUT2D eigenvalue weighted by Crippen LogP contribution is 2.35. The number of carbonyl (C=O) groups is 1. The van der Waals surface area contributed by atoms with E-state index in [1.165, 1.54) is 24.3 Å². The quantitative estimate of drug-likeness (QED) is 0.226. The number of nitro groups is 1. The first-order chi connectivity index (χ1) is 11.5. The van der Waals surface area contributed by atoms with Gasteiger partial charge in [0.2, 0.25) is 0 Å². The van der Waals surface area contributed by atoms with Gasteiger partial charge in [0.25, 0.3) is 5.69 Å². The number of esters is 1. The zero-order chi connectivity index (χ0) is 19.3. The van der Waals surface area contributed by atoms with Crippen molar-refractivity contribution in [2.75, 3.05) is 0 Å². The summed E-state index contributed by atoms with van der Waals surface area (Å²) in [5.74, 6) is 1.98. The third-order valence-corrected chi connectivity index (χ3v) is 3.75. The van der Waals surface area contributed by atoms with Crippen LogP contribution in [0.2, 0.25) is 0 Å². The summed E-state index contributed by atoms with van der Waals surface area (Å²) < 4.78 is 5.67. The molecular weight excluding hydrogens is 318 g/mol. The van der Waals surface area contributed by atoms with Crippen molar-refractivity contribution in [2.45, 2.75) is 39.2 Å². The first-order valence-corrected chi connectivity index (χ1v) is 7.78. The highest BCUT2D eigenvalue weighted by Gasteiger charge is 2.37. The normalized spacial score (nSPS) is 13.2. The van der Waals surface area contributed by atoms with E-state index in [0.717, 1.165) is 5.57 Å². The topological polar surface area (TPSA) is 69.4 Å². The monoisotopic (exact) mass is 341 g/mol. The summed E-state index contributed by atoms with van der Waals surface area (Å²) in [5, 5.41) is 10.7. The predicted molar refractivity (Wildman–Crippen MR) is 98.1 cm³/mol.